The highest BCUT2D eigenvalue weighted by Crippen LogP contribution is 2.30. The Balaban J connectivity index is 1.18. The molecule has 4 aliphatic heterocycles. The van der Waals surface area contributed by atoms with Crippen molar-refractivity contribution >= 4 is 11.8 Å². The smallest absolute Gasteiger partial charge is 0.291 e. The van der Waals surface area contributed by atoms with Gasteiger partial charge in [-0.15, -0.1) is 0 Å². The second-order valence-electron chi connectivity index (χ2n) is 8.04. The molecular formula is C22H27N3O4. The molecule has 154 valence electrons. The quantitative estimate of drug-likeness (QED) is 0.837. The molecule has 29 heavy (non-hydrogen) atoms. The summed E-state index contributed by atoms with van der Waals surface area (Å²) in [5, 5.41) is 3.22. The maximum Gasteiger partial charge on any atom is 0.291 e. The molecule has 1 atom stereocenters. The van der Waals surface area contributed by atoms with Crippen LogP contribution in [0.1, 0.15) is 23.2 Å². The monoisotopic (exact) mass is 397 g/mol. The molecule has 1 amide bonds. The van der Waals surface area contributed by atoms with E-state index in [2.05, 4.69) is 15.1 Å². The summed E-state index contributed by atoms with van der Waals surface area (Å²) in [6, 6.07) is 11.2. The summed E-state index contributed by atoms with van der Waals surface area (Å²) >= 11 is 0. The molecule has 1 aromatic heterocycles. The number of fused-ring (bicyclic) bond motifs is 3. The number of nitrogens with one attached hydrogen (secondary N) is 1. The molecule has 7 heteroatoms. The Kier molecular flexibility index (Phi) is 5.16. The molecule has 2 bridgehead atoms. The minimum Gasteiger partial charge on any atom is -0.426 e. The van der Waals surface area contributed by atoms with E-state index in [1.807, 2.05) is 24.3 Å². The van der Waals surface area contributed by atoms with Gasteiger partial charge in [-0.3, -0.25) is 4.79 Å². The number of rotatable bonds is 5. The largest absolute Gasteiger partial charge is 0.426 e. The summed E-state index contributed by atoms with van der Waals surface area (Å²) in [5.74, 6) is 2.48. The highest BCUT2D eigenvalue weighted by atomic mass is 16.6. The van der Waals surface area contributed by atoms with Gasteiger partial charge in [0.25, 0.3) is 11.9 Å². The molecule has 0 spiro atoms. The number of hydrogen-bond acceptors (Lipinski definition) is 6. The first-order valence-corrected chi connectivity index (χ1v) is 10.5. The predicted molar refractivity (Wildman–Crippen MR) is 109 cm³/mol. The number of ether oxygens (including phenoxy) is 2. The third-order valence-electron chi connectivity index (χ3n) is 6.20. The lowest BCUT2D eigenvalue weighted by atomic mass is 9.84. The van der Waals surface area contributed by atoms with Crippen LogP contribution in [0.15, 0.2) is 40.8 Å². The van der Waals surface area contributed by atoms with Gasteiger partial charge in [-0.05, 0) is 56.1 Å². The minimum atomic E-state index is -0.0112. The van der Waals surface area contributed by atoms with Crippen LogP contribution >= 0.6 is 0 Å². The second-order valence-corrected chi connectivity index (χ2v) is 8.04. The molecule has 1 aromatic carbocycles. The summed E-state index contributed by atoms with van der Waals surface area (Å²) in [5.41, 5.74) is 0.655. The number of carbonyl (C=O) groups is 1. The molecule has 0 unspecified atom stereocenters. The van der Waals surface area contributed by atoms with E-state index in [-0.39, 0.29) is 11.9 Å². The van der Waals surface area contributed by atoms with Crippen LogP contribution in [0.4, 0.5) is 5.88 Å². The van der Waals surface area contributed by atoms with Crippen LogP contribution in [-0.2, 0) is 4.74 Å². The number of hydrogen-bond donors (Lipinski definition) is 1. The van der Waals surface area contributed by atoms with Crippen LogP contribution in [0.25, 0.3) is 0 Å². The van der Waals surface area contributed by atoms with Gasteiger partial charge >= 0.3 is 0 Å². The number of piperidine rings is 3. The average Bonchev–Trinajstić information content (AvgIpc) is 3.24. The Morgan fingerprint density at radius 3 is 2.45 bits per heavy atom. The molecule has 0 aliphatic carbocycles. The van der Waals surface area contributed by atoms with Crippen molar-refractivity contribution in [2.45, 2.75) is 18.9 Å². The van der Waals surface area contributed by atoms with E-state index in [0.717, 1.165) is 25.5 Å². The first-order valence-electron chi connectivity index (χ1n) is 10.5. The molecule has 6 rings (SSSR count). The van der Waals surface area contributed by atoms with Crippen molar-refractivity contribution in [3.8, 4) is 11.7 Å². The number of morpholine rings is 1. The van der Waals surface area contributed by atoms with E-state index in [0.29, 0.717) is 36.4 Å². The topological polar surface area (TPSA) is 67.2 Å². The van der Waals surface area contributed by atoms with Gasteiger partial charge < -0.3 is 29.0 Å². The second kappa shape index (κ2) is 8.08. The fourth-order valence-corrected chi connectivity index (χ4v) is 4.49. The lowest BCUT2D eigenvalue weighted by Gasteiger charge is -2.44. The van der Waals surface area contributed by atoms with Crippen molar-refractivity contribution in [3.63, 3.8) is 0 Å². The zero-order valence-corrected chi connectivity index (χ0v) is 16.5. The van der Waals surface area contributed by atoms with E-state index in [1.165, 1.54) is 25.9 Å². The number of nitrogens with zero attached hydrogens (tertiary/aromatic N) is 2. The minimum absolute atomic E-state index is 0.0112. The number of furan rings is 1. The van der Waals surface area contributed by atoms with Gasteiger partial charge in [0, 0.05) is 43.4 Å². The Labute approximate surface area is 170 Å². The van der Waals surface area contributed by atoms with Gasteiger partial charge in [0.05, 0.1) is 13.2 Å². The molecular weight excluding hydrogens is 370 g/mol. The van der Waals surface area contributed by atoms with E-state index < -0.39 is 0 Å². The SMILES string of the molecule is O=C(N[C@H]1CN2CCC1CC2)c1ccc(Oc2ccc(N3CCOCC3)o2)cc1. The van der Waals surface area contributed by atoms with Gasteiger partial charge in [0.2, 0.25) is 0 Å². The van der Waals surface area contributed by atoms with E-state index in [9.17, 15) is 4.79 Å². The molecule has 7 nitrogen and oxygen atoms in total. The third-order valence-corrected chi connectivity index (χ3v) is 6.20. The van der Waals surface area contributed by atoms with Gasteiger partial charge in [0.15, 0.2) is 5.88 Å². The van der Waals surface area contributed by atoms with Crippen LogP contribution in [-0.4, -0.2) is 62.8 Å². The van der Waals surface area contributed by atoms with E-state index >= 15 is 0 Å². The van der Waals surface area contributed by atoms with Crippen molar-refractivity contribution in [1.82, 2.24) is 10.2 Å². The van der Waals surface area contributed by atoms with Gasteiger partial charge in [-0.1, -0.05) is 0 Å². The van der Waals surface area contributed by atoms with Crippen LogP contribution in [0.5, 0.6) is 11.7 Å². The fraction of sp³-hybridized carbons (Fsp3) is 0.500. The zero-order chi connectivity index (χ0) is 19.6. The summed E-state index contributed by atoms with van der Waals surface area (Å²) < 4.78 is 17.0. The van der Waals surface area contributed by atoms with Crippen molar-refractivity contribution in [2.24, 2.45) is 5.92 Å². The first-order chi connectivity index (χ1) is 14.2. The average molecular weight is 397 g/mol. The molecule has 5 heterocycles. The molecule has 2 aromatic rings. The fourth-order valence-electron chi connectivity index (χ4n) is 4.49. The third kappa shape index (κ3) is 4.11. The molecule has 0 radical (unpaired) electrons. The molecule has 4 fully saturated rings. The van der Waals surface area contributed by atoms with Crippen molar-refractivity contribution in [3.05, 3.63) is 42.0 Å². The highest BCUT2D eigenvalue weighted by Gasteiger charge is 2.34. The van der Waals surface area contributed by atoms with Gasteiger partial charge in [-0.2, -0.15) is 0 Å². The summed E-state index contributed by atoms with van der Waals surface area (Å²) in [6.45, 7) is 6.36. The Morgan fingerprint density at radius 1 is 1.00 bits per heavy atom. The maximum absolute atomic E-state index is 12.6. The molecule has 1 N–H and O–H groups in total. The van der Waals surface area contributed by atoms with E-state index in [4.69, 9.17) is 13.9 Å². The summed E-state index contributed by atoms with van der Waals surface area (Å²) in [6.07, 6.45) is 2.38. The Morgan fingerprint density at radius 2 is 1.76 bits per heavy atom. The standard InChI is InChI=1S/C22H27N3O4/c26-22(23-19-15-24-9-7-16(19)8-10-24)17-1-3-18(4-2-17)28-21-6-5-20(29-21)25-11-13-27-14-12-25/h1-6,16,19H,7-15H2,(H,23,26)/t19-/m0/s1. The highest BCUT2D eigenvalue weighted by molar-refractivity contribution is 5.94. The van der Waals surface area contributed by atoms with E-state index in [1.54, 1.807) is 12.1 Å². The maximum atomic E-state index is 12.6. The summed E-state index contributed by atoms with van der Waals surface area (Å²) in [7, 11) is 0. The number of amides is 1. The summed E-state index contributed by atoms with van der Waals surface area (Å²) in [4.78, 5) is 17.2. The lowest BCUT2D eigenvalue weighted by molar-refractivity contribution is 0.0620. The molecule has 4 aliphatic rings. The number of carbonyl (C=O) groups excluding carboxylic acids is 1. The van der Waals surface area contributed by atoms with Crippen molar-refractivity contribution < 1.29 is 18.7 Å². The normalized spacial score (nSPS) is 26.3. The van der Waals surface area contributed by atoms with Crippen LogP contribution in [0.3, 0.4) is 0 Å². The number of anilines is 1. The van der Waals surface area contributed by atoms with Crippen molar-refractivity contribution in [1.29, 1.82) is 0 Å². The van der Waals surface area contributed by atoms with Crippen LogP contribution in [0, 0.1) is 5.92 Å². The van der Waals surface area contributed by atoms with Crippen molar-refractivity contribution in [2.75, 3.05) is 50.8 Å². The van der Waals surface area contributed by atoms with Crippen LogP contribution in [0.2, 0.25) is 0 Å². The molecule has 0 saturated carbocycles. The van der Waals surface area contributed by atoms with Gasteiger partial charge in [0.1, 0.15) is 5.75 Å². The van der Waals surface area contributed by atoms with Crippen LogP contribution < -0.4 is 15.0 Å². The predicted octanol–water partition coefficient (Wildman–Crippen LogP) is 2.73. The lowest BCUT2D eigenvalue weighted by Crippen LogP contribution is -2.57. The zero-order valence-electron chi connectivity index (χ0n) is 16.5. The number of benzene rings is 1. The Hall–Kier alpha value is -2.51. The van der Waals surface area contributed by atoms with Gasteiger partial charge in [-0.25, -0.2) is 0 Å². The molecule has 4 saturated heterocycles. The first kappa shape index (κ1) is 18.5. The Bertz CT molecular complexity index is 836.